The minimum atomic E-state index is -0.350. The van der Waals surface area contributed by atoms with Crippen molar-refractivity contribution in [1.82, 2.24) is 5.32 Å². The maximum atomic E-state index is 11.9. The van der Waals surface area contributed by atoms with Crippen LogP contribution in [0.4, 0.5) is 0 Å². The van der Waals surface area contributed by atoms with Gasteiger partial charge in [-0.1, -0.05) is 60.7 Å². The van der Waals surface area contributed by atoms with E-state index in [4.69, 9.17) is 0 Å². The van der Waals surface area contributed by atoms with Gasteiger partial charge in [-0.25, -0.2) is 0 Å². The van der Waals surface area contributed by atoms with Crippen molar-refractivity contribution in [2.24, 2.45) is 0 Å². The Morgan fingerprint density at radius 2 is 1.58 bits per heavy atom. The highest BCUT2D eigenvalue weighted by Gasteiger charge is 2.13. The number of carbonyl (C=O) groups is 1. The van der Waals surface area contributed by atoms with E-state index in [1.807, 2.05) is 60.7 Å². The second-order valence-electron chi connectivity index (χ2n) is 4.38. The van der Waals surface area contributed by atoms with Gasteiger partial charge in [0.15, 0.2) is 0 Å². The van der Waals surface area contributed by atoms with E-state index in [2.05, 4.69) is 5.32 Å². The number of carbonyl (C=O) groups excluding carboxylic acids is 1. The molecule has 0 aromatic heterocycles. The quantitative estimate of drug-likeness (QED) is 0.859. The lowest BCUT2D eigenvalue weighted by atomic mass is 10.1. The number of rotatable bonds is 5. The highest BCUT2D eigenvalue weighted by molar-refractivity contribution is 5.79. The zero-order chi connectivity index (χ0) is 13.5. The molecule has 2 N–H and O–H groups in total. The maximum Gasteiger partial charge on any atom is 0.224 e. The second kappa shape index (κ2) is 6.71. The molecule has 98 valence electrons. The summed E-state index contributed by atoms with van der Waals surface area (Å²) < 4.78 is 0. The third kappa shape index (κ3) is 3.93. The van der Waals surface area contributed by atoms with Gasteiger partial charge in [0.2, 0.25) is 5.91 Å². The molecule has 0 spiro atoms. The van der Waals surface area contributed by atoms with Crippen LogP contribution in [0.3, 0.4) is 0 Å². The van der Waals surface area contributed by atoms with Crippen molar-refractivity contribution in [3.63, 3.8) is 0 Å². The van der Waals surface area contributed by atoms with Crippen molar-refractivity contribution in [1.29, 1.82) is 0 Å². The molecule has 2 rings (SSSR count). The molecule has 0 unspecified atom stereocenters. The molecule has 0 saturated carbocycles. The summed E-state index contributed by atoms with van der Waals surface area (Å²) in [6.07, 6.45) is 0.324. The minimum absolute atomic E-state index is 0.0888. The van der Waals surface area contributed by atoms with E-state index in [1.165, 1.54) is 0 Å². The summed E-state index contributed by atoms with van der Waals surface area (Å²) in [7, 11) is 0. The van der Waals surface area contributed by atoms with Crippen molar-refractivity contribution in [3.05, 3.63) is 71.8 Å². The van der Waals surface area contributed by atoms with Crippen LogP contribution in [0.15, 0.2) is 60.7 Å². The molecule has 3 nitrogen and oxygen atoms in total. The third-order valence-electron chi connectivity index (χ3n) is 2.93. The molecule has 0 aliphatic carbocycles. The lowest BCUT2D eigenvalue weighted by Gasteiger charge is -2.16. The molecule has 0 aliphatic rings. The number of aliphatic hydroxyl groups excluding tert-OH is 1. The van der Waals surface area contributed by atoms with E-state index in [1.54, 1.807) is 0 Å². The molecule has 0 bridgehead atoms. The van der Waals surface area contributed by atoms with Crippen molar-refractivity contribution < 1.29 is 9.90 Å². The van der Waals surface area contributed by atoms with E-state index in [0.29, 0.717) is 6.42 Å². The highest BCUT2D eigenvalue weighted by Crippen LogP contribution is 2.12. The Morgan fingerprint density at radius 1 is 1.00 bits per heavy atom. The van der Waals surface area contributed by atoms with E-state index >= 15 is 0 Å². The molecule has 0 radical (unpaired) electrons. The molecular weight excluding hydrogens is 238 g/mol. The number of amides is 1. The molecule has 1 amide bonds. The summed E-state index contributed by atoms with van der Waals surface area (Å²) in [5, 5.41) is 12.2. The molecule has 2 aromatic carbocycles. The van der Waals surface area contributed by atoms with Gasteiger partial charge in [-0.3, -0.25) is 4.79 Å². The van der Waals surface area contributed by atoms with Crippen molar-refractivity contribution in [2.75, 3.05) is 6.61 Å². The van der Waals surface area contributed by atoms with E-state index < -0.39 is 0 Å². The summed E-state index contributed by atoms with van der Waals surface area (Å²) in [6, 6.07) is 18.7. The molecule has 0 saturated heterocycles. The first kappa shape index (κ1) is 13.3. The van der Waals surface area contributed by atoms with Gasteiger partial charge in [-0.15, -0.1) is 0 Å². The van der Waals surface area contributed by atoms with Gasteiger partial charge in [0.05, 0.1) is 19.1 Å². The standard InChI is InChI=1S/C16H17NO2/c18-12-15(14-9-5-2-6-10-14)17-16(19)11-13-7-3-1-4-8-13/h1-10,15,18H,11-12H2,(H,17,19)/t15-/m1/s1. The van der Waals surface area contributed by atoms with Crippen LogP contribution in [0.25, 0.3) is 0 Å². The topological polar surface area (TPSA) is 49.3 Å². The summed E-state index contributed by atoms with van der Waals surface area (Å²) in [6.45, 7) is -0.107. The van der Waals surface area contributed by atoms with Crippen LogP contribution in [-0.4, -0.2) is 17.6 Å². The summed E-state index contributed by atoms with van der Waals surface area (Å²) in [4.78, 5) is 11.9. The van der Waals surface area contributed by atoms with Gasteiger partial charge in [0, 0.05) is 0 Å². The third-order valence-corrected chi connectivity index (χ3v) is 2.93. The zero-order valence-corrected chi connectivity index (χ0v) is 10.6. The first-order valence-electron chi connectivity index (χ1n) is 6.28. The lowest BCUT2D eigenvalue weighted by molar-refractivity contribution is -0.121. The fraction of sp³-hybridized carbons (Fsp3) is 0.188. The second-order valence-corrected chi connectivity index (χ2v) is 4.38. The number of aliphatic hydroxyl groups is 1. The average molecular weight is 255 g/mol. The summed E-state index contributed by atoms with van der Waals surface area (Å²) >= 11 is 0. The van der Waals surface area contributed by atoms with Gasteiger partial charge in [0.1, 0.15) is 0 Å². The predicted molar refractivity (Wildman–Crippen MR) is 74.6 cm³/mol. The van der Waals surface area contributed by atoms with Gasteiger partial charge >= 0.3 is 0 Å². The van der Waals surface area contributed by atoms with Crippen LogP contribution >= 0.6 is 0 Å². The molecular formula is C16H17NO2. The average Bonchev–Trinajstić information content (AvgIpc) is 2.47. The fourth-order valence-corrected chi connectivity index (χ4v) is 1.95. The molecule has 0 fully saturated rings. The Kier molecular flexibility index (Phi) is 4.70. The van der Waals surface area contributed by atoms with Crippen molar-refractivity contribution in [3.8, 4) is 0 Å². The molecule has 1 atom stereocenters. The first-order valence-corrected chi connectivity index (χ1v) is 6.28. The zero-order valence-electron chi connectivity index (χ0n) is 10.6. The van der Waals surface area contributed by atoms with Gasteiger partial charge < -0.3 is 10.4 Å². The Labute approximate surface area is 112 Å². The predicted octanol–water partition coefficient (Wildman–Crippen LogP) is 2.08. The Morgan fingerprint density at radius 3 is 2.16 bits per heavy atom. The highest BCUT2D eigenvalue weighted by atomic mass is 16.3. The lowest BCUT2D eigenvalue weighted by Crippen LogP contribution is -2.31. The fourth-order valence-electron chi connectivity index (χ4n) is 1.95. The normalized spacial score (nSPS) is 11.8. The largest absolute Gasteiger partial charge is 0.394 e. The number of hydrogen-bond donors (Lipinski definition) is 2. The van der Waals surface area contributed by atoms with Crippen LogP contribution in [0.5, 0.6) is 0 Å². The molecule has 0 heterocycles. The summed E-state index contributed by atoms with van der Waals surface area (Å²) in [5.41, 5.74) is 1.87. The molecule has 0 aliphatic heterocycles. The smallest absolute Gasteiger partial charge is 0.224 e. The van der Waals surface area contributed by atoms with Crippen LogP contribution < -0.4 is 5.32 Å². The van der Waals surface area contributed by atoms with Crippen LogP contribution in [-0.2, 0) is 11.2 Å². The van der Waals surface area contributed by atoms with Crippen molar-refractivity contribution in [2.45, 2.75) is 12.5 Å². The Hall–Kier alpha value is -2.13. The Bertz CT molecular complexity index is 511. The minimum Gasteiger partial charge on any atom is -0.394 e. The Balaban J connectivity index is 1.97. The van der Waals surface area contributed by atoms with Crippen molar-refractivity contribution >= 4 is 5.91 Å². The van der Waals surface area contributed by atoms with Gasteiger partial charge in [-0.05, 0) is 11.1 Å². The number of hydrogen-bond acceptors (Lipinski definition) is 2. The van der Waals surface area contributed by atoms with Crippen LogP contribution in [0, 0.1) is 0 Å². The molecule has 19 heavy (non-hydrogen) atoms. The van der Waals surface area contributed by atoms with E-state index in [9.17, 15) is 9.90 Å². The van der Waals surface area contributed by atoms with E-state index in [-0.39, 0.29) is 18.6 Å². The first-order chi connectivity index (χ1) is 9.29. The molecule has 3 heteroatoms. The van der Waals surface area contributed by atoms with Gasteiger partial charge in [-0.2, -0.15) is 0 Å². The monoisotopic (exact) mass is 255 g/mol. The number of nitrogens with one attached hydrogen (secondary N) is 1. The van der Waals surface area contributed by atoms with E-state index in [0.717, 1.165) is 11.1 Å². The number of benzene rings is 2. The SMILES string of the molecule is O=C(Cc1ccccc1)N[C@H](CO)c1ccccc1. The summed E-state index contributed by atoms with van der Waals surface area (Å²) in [5.74, 6) is -0.0888. The van der Waals surface area contributed by atoms with Crippen LogP contribution in [0.2, 0.25) is 0 Å². The van der Waals surface area contributed by atoms with Crippen LogP contribution in [0.1, 0.15) is 17.2 Å². The van der Waals surface area contributed by atoms with Gasteiger partial charge in [0.25, 0.3) is 0 Å². The molecule has 2 aromatic rings. The maximum absolute atomic E-state index is 11.9.